The lowest BCUT2D eigenvalue weighted by molar-refractivity contribution is -0.0636. The zero-order valence-electron chi connectivity index (χ0n) is 12.3. The summed E-state index contributed by atoms with van der Waals surface area (Å²) in [5.74, 6) is -1.20. The molecule has 3 unspecified atom stereocenters. The molecule has 0 radical (unpaired) electrons. The third-order valence-electron chi connectivity index (χ3n) is 3.78. The first-order chi connectivity index (χ1) is 10.5. The van der Waals surface area contributed by atoms with Crippen LogP contribution in [0.2, 0.25) is 0 Å². The van der Waals surface area contributed by atoms with Gasteiger partial charge >= 0.3 is 11.7 Å². The topological polar surface area (TPSA) is 102 Å². The second kappa shape index (κ2) is 6.84. The number of halogens is 1. The standard InChI is InChI=1S/C13H18FN3O5/c1-21-9-4-3-7(5-10(9)22-2)15-12(19)17-6-8(14)11(18)16-13(17)20/h6-7,9-10H,3-5H2,1-2H3,(H,15,19)(H,16,18,20). The van der Waals surface area contributed by atoms with Gasteiger partial charge in [0.15, 0.2) is 0 Å². The van der Waals surface area contributed by atoms with Crippen LogP contribution >= 0.6 is 0 Å². The maximum atomic E-state index is 13.2. The average Bonchev–Trinajstić information content (AvgIpc) is 2.50. The number of carbonyl (C=O) groups is 1. The van der Waals surface area contributed by atoms with Crippen molar-refractivity contribution in [3.8, 4) is 0 Å². The third kappa shape index (κ3) is 3.42. The van der Waals surface area contributed by atoms with Crippen molar-refractivity contribution in [2.75, 3.05) is 14.2 Å². The molecule has 1 amide bonds. The molecule has 2 rings (SSSR count). The summed E-state index contributed by atoms with van der Waals surface area (Å²) in [4.78, 5) is 36.2. The van der Waals surface area contributed by atoms with Gasteiger partial charge in [-0.3, -0.25) is 9.78 Å². The van der Waals surface area contributed by atoms with Gasteiger partial charge in [0.25, 0.3) is 5.56 Å². The second-order valence-electron chi connectivity index (χ2n) is 5.11. The Kier molecular flexibility index (Phi) is 5.09. The number of amides is 1. The van der Waals surface area contributed by atoms with Crippen molar-refractivity contribution in [2.45, 2.75) is 37.5 Å². The third-order valence-corrected chi connectivity index (χ3v) is 3.78. The Morgan fingerprint density at radius 1 is 1.32 bits per heavy atom. The predicted octanol–water partition coefficient (Wildman–Crippen LogP) is -0.184. The molecule has 0 aliphatic heterocycles. The Morgan fingerprint density at radius 2 is 2.00 bits per heavy atom. The zero-order valence-corrected chi connectivity index (χ0v) is 12.3. The number of methoxy groups -OCH3 is 2. The van der Waals surface area contributed by atoms with Crippen molar-refractivity contribution in [2.24, 2.45) is 0 Å². The van der Waals surface area contributed by atoms with E-state index in [1.54, 1.807) is 19.2 Å². The number of aromatic nitrogens is 2. The van der Waals surface area contributed by atoms with Gasteiger partial charge in [0.2, 0.25) is 5.82 Å². The molecule has 2 N–H and O–H groups in total. The van der Waals surface area contributed by atoms with Gasteiger partial charge in [0, 0.05) is 20.3 Å². The highest BCUT2D eigenvalue weighted by molar-refractivity contribution is 5.76. The van der Waals surface area contributed by atoms with Gasteiger partial charge in [0.1, 0.15) is 0 Å². The minimum Gasteiger partial charge on any atom is -0.379 e. The van der Waals surface area contributed by atoms with E-state index in [0.29, 0.717) is 30.0 Å². The lowest BCUT2D eigenvalue weighted by Crippen LogP contribution is -2.49. The van der Waals surface area contributed by atoms with E-state index in [4.69, 9.17) is 9.47 Å². The highest BCUT2D eigenvalue weighted by Gasteiger charge is 2.31. The van der Waals surface area contributed by atoms with E-state index >= 15 is 0 Å². The Labute approximate surface area is 125 Å². The first-order valence-corrected chi connectivity index (χ1v) is 6.84. The molecule has 1 saturated carbocycles. The van der Waals surface area contributed by atoms with E-state index < -0.39 is 23.1 Å². The highest BCUT2D eigenvalue weighted by Crippen LogP contribution is 2.23. The molecule has 0 bridgehead atoms. The molecule has 1 aromatic heterocycles. The molecule has 0 spiro atoms. The summed E-state index contributed by atoms with van der Waals surface area (Å²) in [6.45, 7) is 0. The van der Waals surface area contributed by atoms with Crippen LogP contribution in [0.25, 0.3) is 0 Å². The smallest absolute Gasteiger partial charge is 0.336 e. The van der Waals surface area contributed by atoms with Crippen molar-refractivity contribution in [1.29, 1.82) is 0 Å². The predicted molar refractivity (Wildman–Crippen MR) is 74.4 cm³/mol. The zero-order chi connectivity index (χ0) is 16.3. The fraction of sp³-hybridized carbons (Fsp3) is 0.615. The van der Waals surface area contributed by atoms with E-state index in [0.717, 1.165) is 0 Å². The van der Waals surface area contributed by atoms with Gasteiger partial charge in [-0.05, 0) is 19.3 Å². The SMILES string of the molecule is COC1CCC(NC(=O)n2cc(F)c(=O)[nH]c2=O)CC1OC. The first-order valence-electron chi connectivity index (χ1n) is 6.84. The Morgan fingerprint density at radius 3 is 2.64 bits per heavy atom. The van der Waals surface area contributed by atoms with Crippen molar-refractivity contribution < 1.29 is 18.7 Å². The Balaban J connectivity index is 2.08. The molecule has 9 heteroatoms. The van der Waals surface area contributed by atoms with Crippen LogP contribution in [-0.2, 0) is 9.47 Å². The van der Waals surface area contributed by atoms with Gasteiger partial charge in [0.05, 0.1) is 18.4 Å². The summed E-state index contributed by atoms with van der Waals surface area (Å²) in [5.41, 5.74) is -2.15. The van der Waals surface area contributed by atoms with Crippen LogP contribution in [0, 0.1) is 5.82 Å². The summed E-state index contributed by atoms with van der Waals surface area (Å²) in [6.07, 6.45) is 2.20. The van der Waals surface area contributed by atoms with Crippen LogP contribution in [-0.4, -0.2) is 48.1 Å². The molecule has 1 aromatic rings. The van der Waals surface area contributed by atoms with Crippen LogP contribution in [0.4, 0.5) is 9.18 Å². The van der Waals surface area contributed by atoms with Crippen molar-refractivity contribution in [3.05, 3.63) is 32.9 Å². The number of nitrogens with zero attached hydrogens (tertiary/aromatic N) is 1. The van der Waals surface area contributed by atoms with E-state index in [-0.39, 0.29) is 18.2 Å². The number of nitrogens with one attached hydrogen (secondary N) is 2. The second-order valence-corrected chi connectivity index (χ2v) is 5.11. The number of carbonyl (C=O) groups excluding carboxylic acids is 1. The molecule has 0 saturated heterocycles. The molecule has 1 aliphatic carbocycles. The molecule has 122 valence electrons. The maximum Gasteiger partial charge on any atom is 0.336 e. The quantitative estimate of drug-likeness (QED) is 0.805. The highest BCUT2D eigenvalue weighted by atomic mass is 19.1. The van der Waals surface area contributed by atoms with Gasteiger partial charge in [-0.25, -0.2) is 14.2 Å². The van der Waals surface area contributed by atoms with Crippen molar-refractivity contribution in [1.82, 2.24) is 14.9 Å². The van der Waals surface area contributed by atoms with Gasteiger partial charge in [-0.15, -0.1) is 0 Å². The number of hydrogen-bond donors (Lipinski definition) is 2. The van der Waals surface area contributed by atoms with E-state index in [2.05, 4.69) is 5.32 Å². The Hall–Kier alpha value is -2.00. The average molecular weight is 315 g/mol. The summed E-state index contributed by atoms with van der Waals surface area (Å²) in [7, 11) is 3.15. The van der Waals surface area contributed by atoms with Gasteiger partial charge in [-0.1, -0.05) is 0 Å². The Bertz CT molecular complexity index is 656. The van der Waals surface area contributed by atoms with Gasteiger partial charge < -0.3 is 14.8 Å². The molecule has 1 heterocycles. The lowest BCUT2D eigenvalue weighted by atomic mass is 9.90. The molecular weight excluding hydrogens is 297 g/mol. The van der Waals surface area contributed by atoms with Crippen molar-refractivity contribution in [3.63, 3.8) is 0 Å². The summed E-state index contributed by atoms with van der Waals surface area (Å²) in [6, 6.07) is -1.03. The van der Waals surface area contributed by atoms with Crippen LogP contribution in [0.15, 0.2) is 15.8 Å². The number of hydrogen-bond acceptors (Lipinski definition) is 5. The fourth-order valence-electron chi connectivity index (χ4n) is 2.59. The minimum absolute atomic E-state index is 0.0496. The maximum absolute atomic E-state index is 13.2. The lowest BCUT2D eigenvalue weighted by Gasteiger charge is -2.34. The van der Waals surface area contributed by atoms with E-state index in [1.807, 2.05) is 0 Å². The van der Waals surface area contributed by atoms with Crippen LogP contribution in [0.5, 0.6) is 0 Å². The fourth-order valence-corrected chi connectivity index (χ4v) is 2.59. The van der Waals surface area contributed by atoms with Gasteiger partial charge in [-0.2, -0.15) is 4.39 Å². The monoisotopic (exact) mass is 315 g/mol. The summed E-state index contributed by atoms with van der Waals surface area (Å²) < 4.78 is 24.3. The number of H-pyrrole nitrogens is 1. The molecular formula is C13H18FN3O5. The normalized spacial score (nSPS) is 25.0. The molecule has 1 aliphatic rings. The number of ether oxygens (including phenoxy) is 2. The van der Waals surface area contributed by atoms with Crippen molar-refractivity contribution >= 4 is 6.03 Å². The summed E-state index contributed by atoms with van der Waals surface area (Å²) in [5, 5.41) is 2.63. The molecule has 1 fully saturated rings. The number of rotatable bonds is 3. The molecule has 22 heavy (non-hydrogen) atoms. The molecule has 8 nitrogen and oxygen atoms in total. The van der Waals surface area contributed by atoms with E-state index in [9.17, 15) is 18.8 Å². The summed E-state index contributed by atoms with van der Waals surface area (Å²) >= 11 is 0. The first kappa shape index (κ1) is 16.4. The molecule has 0 aromatic carbocycles. The molecule has 3 atom stereocenters. The van der Waals surface area contributed by atoms with Crippen LogP contribution in [0.1, 0.15) is 19.3 Å². The van der Waals surface area contributed by atoms with E-state index in [1.165, 1.54) is 0 Å². The largest absolute Gasteiger partial charge is 0.379 e. The van der Waals surface area contributed by atoms with Crippen LogP contribution < -0.4 is 16.6 Å². The number of aromatic amines is 1. The van der Waals surface area contributed by atoms with Crippen LogP contribution in [0.3, 0.4) is 0 Å². The minimum atomic E-state index is -1.20.